The molecule has 0 aromatic carbocycles. The van der Waals surface area contributed by atoms with Gasteiger partial charge in [0.15, 0.2) is 0 Å². The third-order valence-electron chi connectivity index (χ3n) is 4.53. The largest absolute Gasteiger partial charge is 0.387 e. The summed E-state index contributed by atoms with van der Waals surface area (Å²) in [6.07, 6.45) is 5.44. The minimum atomic E-state index is -0.386. The molecule has 2 aliphatic rings. The molecule has 0 aromatic heterocycles. The third kappa shape index (κ3) is 2.21. The second-order valence-corrected chi connectivity index (χ2v) is 6.08. The summed E-state index contributed by atoms with van der Waals surface area (Å²) in [6, 6.07) is 0.764. The van der Waals surface area contributed by atoms with Crippen LogP contribution in [0.4, 0.5) is 0 Å². The maximum absolute atomic E-state index is 10.2. The zero-order chi connectivity index (χ0) is 11.1. The smallest absolute Gasteiger partial charge is 0.0923 e. The Balaban J connectivity index is 1.79. The Morgan fingerprint density at radius 2 is 1.67 bits per heavy atom. The van der Waals surface area contributed by atoms with E-state index in [2.05, 4.69) is 25.7 Å². The molecule has 1 N–H and O–H groups in total. The van der Waals surface area contributed by atoms with Crippen LogP contribution in [-0.2, 0) is 0 Å². The van der Waals surface area contributed by atoms with Gasteiger partial charge in [0.25, 0.3) is 0 Å². The highest BCUT2D eigenvalue weighted by Crippen LogP contribution is 2.35. The van der Waals surface area contributed by atoms with Crippen LogP contribution in [0.3, 0.4) is 0 Å². The summed E-state index contributed by atoms with van der Waals surface area (Å²) in [6.45, 7) is 8.42. The van der Waals surface area contributed by atoms with Crippen molar-refractivity contribution in [1.82, 2.24) is 4.90 Å². The standard InChI is InChI=1S/C13H25NO/c1-10(2)13(15)8-14(9-13)12-6-4-11(3)5-7-12/h10-12,15H,4-9H2,1-3H3. The lowest BCUT2D eigenvalue weighted by atomic mass is 9.78. The van der Waals surface area contributed by atoms with E-state index in [0.717, 1.165) is 25.0 Å². The Bertz CT molecular complexity index is 213. The molecule has 1 saturated carbocycles. The lowest BCUT2D eigenvalue weighted by Crippen LogP contribution is -2.67. The molecule has 2 nitrogen and oxygen atoms in total. The summed E-state index contributed by atoms with van der Waals surface area (Å²) in [7, 11) is 0. The summed E-state index contributed by atoms with van der Waals surface area (Å²) in [5.74, 6) is 1.32. The van der Waals surface area contributed by atoms with E-state index in [1.807, 2.05) is 0 Å². The first-order valence-electron chi connectivity index (χ1n) is 6.48. The first-order valence-corrected chi connectivity index (χ1v) is 6.48. The first kappa shape index (κ1) is 11.4. The fourth-order valence-electron chi connectivity index (χ4n) is 2.89. The average molecular weight is 211 g/mol. The zero-order valence-corrected chi connectivity index (χ0v) is 10.4. The quantitative estimate of drug-likeness (QED) is 0.757. The molecule has 88 valence electrons. The fraction of sp³-hybridized carbons (Fsp3) is 1.00. The van der Waals surface area contributed by atoms with Crippen molar-refractivity contribution >= 4 is 0 Å². The molecular formula is C13H25NO. The number of aliphatic hydroxyl groups is 1. The summed E-state index contributed by atoms with van der Waals surface area (Å²) >= 11 is 0. The van der Waals surface area contributed by atoms with E-state index in [0.29, 0.717) is 5.92 Å². The Hall–Kier alpha value is -0.0800. The van der Waals surface area contributed by atoms with Crippen molar-refractivity contribution < 1.29 is 5.11 Å². The van der Waals surface area contributed by atoms with Gasteiger partial charge >= 0.3 is 0 Å². The lowest BCUT2D eigenvalue weighted by Gasteiger charge is -2.53. The van der Waals surface area contributed by atoms with Gasteiger partial charge in [-0.2, -0.15) is 0 Å². The van der Waals surface area contributed by atoms with Gasteiger partial charge in [0.05, 0.1) is 5.60 Å². The molecule has 0 aromatic rings. The van der Waals surface area contributed by atoms with Crippen molar-refractivity contribution in [3.63, 3.8) is 0 Å². The van der Waals surface area contributed by atoms with Crippen LogP contribution in [0.25, 0.3) is 0 Å². The van der Waals surface area contributed by atoms with Gasteiger partial charge in [-0.15, -0.1) is 0 Å². The Labute approximate surface area is 93.7 Å². The maximum atomic E-state index is 10.2. The predicted octanol–water partition coefficient (Wildman–Crippen LogP) is 2.27. The molecule has 1 heterocycles. The molecule has 15 heavy (non-hydrogen) atoms. The molecule has 2 rings (SSSR count). The SMILES string of the molecule is CC1CCC(N2CC(O)(C(C)C)C2)CC1. The van der Waals surface area contributed by atoms with Gasteiger partial charge in [-0.25, -0.2) is 0 Å². The topological polar surface area (TPSA) is 23.5 Å². The minimum absolute atomic E-state index is 0.386. The molecule has 0 atom stereocenters. The predicted molar refractivity (Wildman–Crippen MR) is 62.8 cm³/mol. The van der Waals surface area contributed by atoms with E-state index in [4.69, 9.17) is 0 Å². The number of likely N-dealkylation sites (tertiary alicyclic amines) is 1. The molecule has 0 bridgehead atoms. The van der Waals surface area contributed by atoms with Gasteiger partial charge in [0.1, 0.15) is 0 Å². The Morgan fingerprint density at radius 3 is 2.13 bits per heavy atom. The van der Waals surface area contributed by atoms with Gasteiger partial charge in [0.2, 0.25) is 0 Å². The summed E-state index contributed by atoms with van der Waals surface area (Å²) in [5, 5.41) is 10.2. The highest BCUT2D eigenvalue weighted by molar-refractivity contribution is 5.00. The van der Waals surface area contributed by atoms with E-state index in [1.54, 1.807) is 0 Å². The van der Waals surface area contributed by atoms with E-state index < -0.39 is 0 Å². The van der Waals surface area contributed by atoms with Crippen LogP contribution >= 0.6 is 0 Å². The van der Waals surface area contributed by atoms with Gasteiger partial charge in [-0.3, -0.25) is 4.90 Å². The average Bonchev–Trinajstić information content (AvgIpc) is 2.14. The molecule has 1 aliphatic heterocycles. The normalized spacial score (nSPS) is 36.6. The number of rotatable bonds is 2. The maximum Gasteiger partial charge on any atom is 0.0923 e. The van der Waals surface area contributed by atoms with Gasteiger partial charge < -0.3 is 5.11 Å². The summed E-state index contributed by atoms with van der Waals surface area (Å²) in [5.41, 5.74) is -0.386. The molecule has 0 unspecified atom stereocenters. The van der Waals surface area contributed by atoms with Crippen LogP contribution in [0, 0.1) is 11.8 Å². The lowest BCUT2D eigenvalue weighted by molar-refractivity contribution is -0.147. The number of hydrogen-bond acceptors (Lipinski definition) is 2. The van der Waals surface area contributed by atoms with Gasteiger partial charge in [0, 0.05) is 19.1 Å². The van der Waals surface area contributed by atoms with E-state index in [9.17, 15) is 5.11 Å². The summed E-state index contributed by atoms with van der Waals surface area (Å²) in [4.78, 5) is 2.49. The van der Waals surface area contributed by atoms with Crippen LogP contribution in [0.5, 0.6) is 0 Å². The van der Waals surface area contributed by atoms with Crippen molar-refractivity contribution in [1.29, 1.82) is 0 Å². The van der Waals surface area contributed by atoms with Crippen molar-refractivity contribution in [3.05, 3.63) is 0 Å². The molecule has 0 amide bonds. The summed E-state index contributed by atoms with van der Waals surface area (Å²) < 4.78 is 0. The number of nitrogens with zero attached hydrogens (tertiary/aromatic N) is 1. The molecule has 2 fully saturated rings. The Morgan fingerprint density at radius 1 is 1.13 bits per heavy atom. The van der Waals surface area contributed by atoms with Crippen LogP contribution < -0.4 is 0 Å². The fourth-order valence-corrected chi connectivity index (χ4v) is 2.89. The molecule has 2 heteroatoms. The molecule has 1 saturated heterocycles. The second kappa shape index (κ2) is 4.06. The molecule has 0 radical (unpaired) electrons. The third-order valence-corrected chi connectivity index (χ3v) is 4.53. The molecule has 1 aliphatic carbocycles. The van der Waals surface area contributed by atoms with Crippen molar-refractivity contribution in [2.45, 2.75) is 58.1 Å². The van der Waals surface area contributed by atoms with Gasteiger partial charge in [-0.05, 0) is 37.5 Å². The minimum Gasteiger partial charge on any atom is -0.387 e. The molecular weight excluding hydrogens is 186 g/mol. The molecule has 0 spiro atoms. The van der Waals surface area contributed by atoms with E-state index >= 15 is 0 Å². The van der Waals surface area contributed by atoms with Crippen LogP contribution in [-0.4, -0.2) is 34.7 Å². The van der Waals surface area contributed by atoms with Crippen molar-refractivity contribution in [2.75, 3.05) is 13.1 Å². The first-order chi connectivity index (χ1) is 7.01. The zero-order valence-electron chi connectivity index (χ0n) is 10.4. The van der Waals surface area contributed by atoms with E-state index in [-0.39, 0.29) is 5.60 Å². The van der Waals surface area contributed by atoms with Crippen LogP contribution in [0.15, 0.2) is 0 Å². The van der Waals surface area contributed by atoms with Crippen LogP contribution in [0.1, 0.15) is 46.5 Å². The highest BCUT2D eigenvalue weighted by Gasteiger charge is 2.46. The van der Waals surface area contributed by atoms with Gasteiger partial charge in [-0.1, -0.05) is 20.8 Å². The second-order valence-electron chi connectivity index (χ2n) is 6.08. The van der Waals surface area contributed by atoms with Crippen LogP contribution in [0.2, 0.25) is 0 Å². The monoisotopic (exact) mass is 211 g/mol. The van der Waals surface area contributed by atoms with Crippen molar-refractivity contribution in [3.8, 4) is 0 Å². The Kier molecular flexibility index (Phi) is 3.09. The van der Waals surface area contributed by atoms with E-state index in [1.165, 1.54) is 25.7 Å². The highest BCUT2D eigenvalue weighted by atomic mass is 16.3. The number of hydrogen-bond donors (Lipinski definition) is 1. The number of β-amino-alcohol motifs (C(OH)–C–C–N with tert-alkyl or cyclic N) is 1. The van der Waals surface area contributed by atoms with Crippen molar-refractivity contribution in [2.24, 2.45) is 11.8 Å².